The molecule has 0 aliphatic carbocycles. The Morgan fingerprint density at radius 1 is 1.28 bits per heavy atom. The van der Waals surface area contributed by atoms with E-state index in [2.05, 4.69) is 10.0 Å². The smallest absolute Gasteiger partial charge is 0.161 e. The van der Waals surface area contributed by atoms with Crippen molar-refractivity contribution in [1.82, 2.24) is 0 Å². The second kappa shape index (κ2) is 5.59. The van der Waals surface area contributed by atoms with E-state index in [0.29, 0.717) is 30.3 Å². The van der Waals surface area contributed by atoms with Crippen molar-refractivity contribution in [1.29, 1.82) is 0 Å². The van der Waals surface area contributed by atoms with E-state index >= 15 is 0 Å². The van der Waals surface area contributed by atoms with Gasteiger partial charge in [0.2, 0.25) is 0 Å². The highest BCUT2D eigenvalue weighted by molar-refractivity contribution is 5.44. The van der Waals surface area contributed by atoms with Gasteiger partial charge in [0.1, 0.15) is 19.3 Å². The zero-order chi connectivity index (χ0) is 13.0. The van der Waals surface area contributed by atoms with E-state index in [-0.39, 0.29) is 6.54 Å². The Bertz CT molecular complexity index is 473. The summed E-state index contributed by atoms with van der Waals surface area (Å²) < 4.78 is 10.7. The van der Waals surface area contributed by atoms with Gasteiger partial charge < -0.3 is 19.7 Å². The molecule has 96 valence electrons. The number of azide groups is 1. The number of fused-ring (bicyclic) bond motifs is 1. The fourth-order valence-electron chi connectivity index (χ4n) is 1.69. The number of rotatable bonds is 4. The van der Waals surface area contributed by atoms with Crippen molar-refractivity contribution in [2.45, 2.75) is 12.2 Å². The minimum Gasteiger partial charge on any atom is -0.486 e. The maximum atomic E-state index is 9.89. The number of aliphatic hydroxyl groups excluding tert-OH is 2. The summed E-state index contributed by atoms with van der Waals surface area (Å²) in [6, 6.07) is 4.92. The van der Waals surface area contributed by atoms with Gasteiger partial charge >= 0.3 is 0 Å². The Labute approximate surface area is 103 Å². The quantitative estimate of drug-likeness (QED) is 0.475. The second-order valence-electron chi connectivity index (χ2n) is 3.83. The van der Waals surface area contributed by atoms with Crippen molar-refractivity contribution in [2.75, 3.05) is 19.8 Å². The molecule has 0 aromatic heterocycles. The van der Waals surface area contributed by atoms with Crippen LogP contribution >= 0.6 is 0 Å². The van der Waals surface area contributed by atoms with Crippen molar-refractivity contribution in [3.8, 4) is 11.5 Å². The molecule has 0 spiro atoms. The van der Waals surface area contributed by atoms with Gasteiger partial charge in [-0.15, -0.1) is 0 Å². The van der Waals surface area contributed by atoms with E-state index in [1.165, 1.54) is 0 Å². The molecule has 1 aliphatic rings. The van der Waals surface area contributed by atoms with Gasteiger partial charge in [-0.3, -0.25) is 0 Å². The van der Waals surface area contributed by atoms with Crippen LogP contribution in [0.5, 0.6) is 11.5 Å². The molecule has 0 fully saturated rings. The molecule has 0 radical (unpaired) electrons. The lowest BCUT2D eigenvalue weighted by Gasteiger charge is -2.21. The first kappa shape index (κ1) is 12.5. The number of nitrogens with zero attached hydrogens (tertiary/aromatic N) is 3. The first-order valence-electron chi connectivity index (χ1n) is 5.49. The zero-order valence-corrected chi connectivity index (χ0v) is 9.56. The Morgan fingerprint density at radius 2 is 2.00 bits per heavy atom. The monoisotopic (exact) mass is 251 g/mol. The first-order chi connectivity index (χ1) is 8.72. The van der Waals surface area contributed by atoms with Gasteiger partial charge in [0, 0.05) is 4.91 Å². The van der Waals surface area contributed by atoms with Crippen LogP contribution in [0.15, 0.2) is 23.3 Å². The van der Waals surface area contributed by atoms with Crippen LogP contribution in [0.4, 0.5) is 0 Å². The molecule has 0 saturated heterocycles. The highest BCUT2D eigenvalue weighted by Gasteiger charge is 2.20. The highest BCUT2D eigenvalue weighted by atomic mass is 16.6. The van der Waals surface area contributed by atoms with Crippen molar-refractivity contribution < 1.29 is 19.7 Å². The van der Waals surface area contributed by atoms with Crippen molar-refractivity contribution in [2.24, 2.45) is 5.11 Å². The number of hydrogen-bond acceptors (Lipinski definition) is 5. The first-order valence-corrected chi connectivity index (χ1v) is 5.49. The fraction of sp³-hybridized carbons (Fsp3) is 0.455. The molecule has 2 atom stereocenters. The van der Waals surface area contributed by atoms with Gasteiger partial charge in [-0.25, -0.2) is 0 Å². The lowest BCUT2D eigenvalue weighted by atomic mass is 10.0. The Balaban J connectivity index is 2.15. The van der Waals surface area contributed by atoms with Crippen LogP contribution in [0, 0.1) is 0 Å². The minimum atomic E-state index is -1.15. The molecule has 7 nitrogen and oxygen atoms in total. The molecule has 7 heteroatoms. The number of ether oxygens (including phenoxy) is 2. The van der Waals surface area contributed by atoms with Crippen molar-refractivity contribution in [3.63, 3.8) is 0 Å². The predicted octanol–water partition coefficient (Wildman–Crippen LogP) is 1.16. The molecule has 1 aromatic rings. The largest absolute Gasteiger partial charge is 0.486 e. The minimum absolute atomic E-state index is 0.188. The van der Waals surface area contributed by atoms with Crippen LogP contribution in [-0.4, -0.2) is 36.1 Å². The van der Waals surface area contributed by atoms with Gasteiger partial charge in [0.15, 0.2) is 11.5 Å². The van der Waals surface area contributed by atoms with Crippen LogP contribution in [0.3, 0.4) is 0 Å². The van der Waals surface area contributed by atoms with E-state index < -0.39 is 12.2 Å². The maximum absolute atomic E-state index is 9.89. The van der Waals surface area contributed by atoms with Crippen LogP contribution in [0.25, 0.3) is 10.4 Å². The van der Waals surface area contributed by atoms with Gasteiger partial charge in [-0.05, 0) is 23.2 Å². The summed E-state index contributed by atoms with van der Waals surface area (Å²) in [5.41, 5.74) is 8.64. The summed E-state index contributed by atoms with van der Waals surface area (Å²) >= 11 is 0. The maximum Gasteiger partial charge on any atom is 0.161 e. The van der Waals surface area contributed by atoms with Gasteiger partial charge in [0.05, 0.1) is 12.6 Å². The molecule has 1 aliphatic heterocycles. The van der Waals surface area contributed by atoms with Crippen LogP contribution in [-0.2, 0) is 0 Å². The van der Waals surface area contributed by atoms with E-state index in [1.807, 2.05) is 0 Å². The summed E-state index contributed by atoms with van der Waals surface area (Å²) in [7, 11) is 0. The number of hydrogen-bond donors (Lipinski definition) is 2. The lowest BCUT2D eigenvalue weighted by molar-refractivity contribution is 0.0241. The Morgan fingerprint density at radius 3 is 2.72 bits per heavy atom. The molecule has 18 heavy (non-hydrogen) atoms. The Hall–Kier alpha value is -1.95. The lowest BCUT2D eigenvalue weighted by Crippen LogP contribution is -2.22. The Kier molecular flexibility index (Phi) is 3.88. The highest BCUT2D eigenvalue weighted by Crippen LogP contribution is 2.33. The zero-order valence-electron chi connectivity index (χ0n) is 9.56. The van der Waals surface area contributed by atoms with Gasteiger partial charge in [-0.2, -0.15) is 0 Å². The SMILES string of the molecule is [N-]=[N+]=NCC(O)C(O)c1ccc2c(c1)OCCO2. The summed E-state index contributed by atoms with van der Waals surface area (Å²) in [5, 5.41) is 22.7. The summed E-state index contributed by atoms with van der Waals surface area (Å²) in [4.78, 5) is 2.53. The third-order valence-electron chi connectivity index (χ3n) is 2.60. The fourth-order valence-corrected chi connectivity index (χ4v) is 1.69. The number of benzene rings is 1. The van der Waals surface area contributed by atoms with Crippen LogP contribution in [0.2, 0.25) is 0 Å². The van der Waals surface area contributed by atoms with Crippen molar-refractivity contribution >= 4 is 0 Å². The molecule has 1 aromatic carbocycles. The van der Waals surface area contributed by atoms with Crippen LogP contribution in [0.1, 0.15) is 11.7 Å². The normalized spacial score (nSPS) is 16.6. The van der Waals surface area contributed by atoms with E-state index in [0.717, 1.165) is 0 Å². The summed E-state index contributed by atoms with van der Waals surface area (Å²) in [5.74, 6) is 1.15. The summed E-state index contributed by atoms with van der Waals surface area (Å²) in [6.45, 7) is 0.758. The molecule has 0 amide bonds. The van der Waals surface area contributed by atoms with E-state index in [4.69, 9.17) is 15.0 Å². The second-order valence-corrected chi connectivity index (χ2v) is 3.83. The van der Waals surface area contributed by atoms with Crippen molar-refractivity contribution in [3.05, 3.63) is 34.2 Å². The average Bonchev–Trinajstić information content (AvgIpc) is 2.43. The van der Waals surface area contributed by atoms with Gasteiger partial charge in [-0.1, -0.05) is 11.2 Å². The predicted molar refractivity (Wildman–Crippen MR) is 62.4 cm³/mol. The molecular formula is C11H13N3O4. The van der Waals surface area contributed by atoms with Crippen LogP contribution < -0.4 is 9.47 Å². The molecular weight excluding hydrogens is 238 g/mol. The molecule has 2 unspecified atom stereocenters. The third kappa shape index (κ3) is 2.65. The average molecular weight is 251 g/mol. The van der Waals surface area contributed by atoms with E-state index in [9.17, 15) is 10.2 Å². The van der Waals surface area contributed by atoms with E-state index in [1.54, 1.807) is 18.2 Å². The molecule has 2 N–H and O–H groups in total. The molecule has 0 bridgehead atoms. The standard InChI is InChI=1S/C11H13N3O4/c12-14-13-6-8(15)11(16)7-1-2-9-10(5-7)18-4-3-17-9/h1-2,5,8,11,15-16H,3-4,6H2. The summed E-state index contributed by atoms with van der Waals surface area (Å²) in [6.07, 6.45) is -2.28. The number of aliphatic hydroxyl groups is 2. The topological polar surface area (TPSA) is 108 Å². The molecule has 2 rings (SSSR count). The van der Waals surface area contributed by atoms with Gasteiger partial charge in [0.25, 0.3) is 0 Å². The molecule has 1 heterocycles. The third-order valence-corrected chi connectivity index (χ3v) is 2.60. The molecule has 0 saturated carbocycles.